The first kappa shape index (κ1) is 29.6. The molecule has 200 valence electrons. The van der Waals surface area contributed by atoms with E-state index in [0.717, 1.165) is 42.0 Å². The second-order valence-electron chi connectivity index (χ2n) is 10.6. The van der Waals surface area contributed by atoms with Crippen molar-refractivity contribution in [3.8, 4) is 0 Å². The van der Waals surface area contributed by atoms with Gasteiger partial charge in [0.05, 0.1) is 0 Å². The van der Waals surface area contributed by atoms with Crippen molar-refractivity contribution < 1.29 is 25.9 Å². The first-order chi connectivity index (χ1) is 17.0. The molecule has 0 heterocycles. The highest BCUT2D eigenvalue weighted by molar-refractivity contribution is 7.01. The average molecular weight is 565 g/mol. The molecule has 36 heavy (non-hydrogen) atoms. The van der Waals surface area contributed by atoms with Crippen LogP contribution in [0.1, 0.15) is 19.3 Å². The third-order valence-corrected chi connectivity index (χ3v) is 21.7. The zero-order valence-corrected chi connectivity index (χ0v) is 27.0. The van der Waals surface area contributed by atoms with Crippen LogP contribution in [0, 0.1) is 5.92 Å². The van der Waals surface area contributed by atoms with E-state index in [9.17, 15) is 0 Å². The molecule has 1 fully saturated rings. The SMILES string of the molecule is CO[Si](C)(C)O[Si](O[Si](C)(C)O[Si](C)(CCCOCC1CC1)OC)(c1ccccc1)c1ccccc1. The minimum absolute atomic E-state index is 0.748. The Morgan fingerprint density at radius 2 is 1.22 bits per heavy atom. The first-order valence-corrected chi connectivity index (χ1v) is 22.9. The molecule has 1 unspecified atom stereocenters. The summed E-state index contributed by atoms with van der Waals surface area (Å²) >= 11 is 0. The van der Waals surface area contributed by atoms with Crippen LogP contribution in [-0.2, 0) is 25.9 Å². The number of rotatable bonds is 16. The highest BCUT2D eigenvalue weighted by Crippen LogP contribution is 2.29. The monoisotopic (exact) mass is 564 g/mol. The summed E-state index contributed by atoms with van der Waals surface area (Å²) in [7, 11) is -7.45. The molecular formula is C26H44O6Si4. The quantitative estimate of drug-likeness (QED) is 0.214. The standard InChI is InChI=1S/C26H44O6Si4/c1-27-33(3,4)31-36(25-15-10-8-11-16-25,26-17-12-9-13-18-26)32-34(5,6)30-35(7,28-2)22-14-21-29-23-24-19-20-24/h8-13,15-18,24H,14,19-23H2,1-7H3. The fraction of sp³-hybridized carbons (Fsp3) is 0.538. The third kappa shape index (κ3) is 8.55. The second-order valence-corrected chi connectivity index (χ2v) is 24.6. The highest BCUT2D eigenvalue weighted by Gasteiger charge is 2.53. The van der Waals surface area contributed by atoms with Gasteiger partial charge in [0.25, 0.3) is 0 Å². The molecule has 1 aliphatic rings. The van der Waals surface area contributed by atoms with E-state index in [1.54, 1.807) is 14.2 Å². The molecule has 10 heteroatoms. The number of hydrogen-bond acceptors (Lipinski definition) is 6. The lowest BCUT2D eigenvalue weighted by Gasteiger charge is -2.43. The summed E-state index contributed by atoms with van der Waals surface area (Å²) in [6.07, 6.45) is 3.54. The van der Waals surface area contributed by atoms with E-state index in [2.05, 4.69) is 57.0 Å². The van der Waals surface area contributed by atoms with Gasteiger partial charge in [0.2, 0.25) is 0 Å². The van der Waals surface area contributed by atoms with E-state index in [1.165, 1.54) is 12.8 Å². The minimum Gasteiger partial charge on any atom is -0.415 e. The van der Waals surface area contributed by atoms with E-state index in [0.29, 0.717) is 0 Å². The van der Waals surface area contributed by atoms with Gasteiger partial charge >= 0.3 is 34.2 Å². The maximum atomic E-state index is 7.21. The molecule has 0 saturated heterocycles. The maximum Gasteiger partial charge on any atom is 0.389 e. The molecule has 0 bridgehead atoms. The van der Waals surface area contributed by atoms with Crippen molar-refractivity contribution in [3.63, 3.8) is 0 Å². The molecule has 0 radical (unpaired) electrons. The summed E-state index contributed by atoms with van der Waals surface area (Å²) in [5, 5.41) is 2.10. The van der Waals surface area contributed by atoms with Gasteiger partial charge in [-0.25, -0.2) is 0 Å². The lowest BCUT2D eigenvalue weighted by Crippen LogP contribution is -2.71. The molecule has 2 aromatic carbocycles. The number of hydrogen-bond donors (Lipinski definition) is 0. The Morgan fingerprint density at radius 1 is 0.694 bits per heavy atom. The summed E-state index contributed by atoms with van der Waals surface area (Å²) in [5.41, 5.74) is 0. The Morgan fingerprint density at radius 3 is 1.69 bits per heavy atom. The Hall–Kier alpha value is -0.932. The molecule has 0 amide bonds. The van der Waals surface area contributed by atoms with Gasteiger partial charge in [-0.15, -0.1) is 0 Å². The van der Waals surface area contributed by atoms with Crippen molar-refractivity contribution in [2.24, 2.45) is 5.92 Å². The molecule has 1 aliphatic carbocycles. The van der Waals surface area contributed by atoms with Crippen molar-refractivity contribution in [1.29, 1.82) is 0 Å². The van der Waals surface area contributed by atoms with Crippen LogP contribution in [-0.4, -0.2) is 61.7 Å². The van der Waals surface area contributed by atoms with E-state index in [-0.39, 0.29) is 0 Å². The third-order valence-electron chi connectivity index (χ3n) is 6.44. The summed E-state index contributed by atoms with van der Waals surface area (Å²) in [5.74, 6) is 0.779. The normalized spacial score (nSPS) is 16.6. The van der Waals surface area contributed by atoms with Crippen LogP contribution in [0.25, 0.3) is 0 Å². The highest BCUT2D eigenvalue weighted by atomic mass is 28.5. The summed E-state index contributed by atoms with van der Waals surface area (Å²) in [4.78, 5) is 0. The maximum absolute atomic E-state index is 7.21. The Labute approximate surface area is 222 Å². The summed E-state index contributed by atoms with van der Waals surface area (Å²) in [6.45, 7) is 12.1. The fourth-order valence-electron chi connectivity index (χ4n) is 4.24. The van der Waals surface area contributed by atoms with Gasteiger partial charge in [-0.1, -0.05) is 60.7 Å². The lowest BCUT2D eigenvalue weighted by atomic mass is 10.4. The van der Waals surface area contributed by atoms with Gasteiger partial charge in [0, 0.05) is 27.4 Å². The molecule has 6 nitrogen and oxygen atoms in total. The van der Waals surface area contributed by atoms with Gasteiger partial charge < -0.3 is 25.9 Å². The Kier molecular flexibility index (Phi) is 10.5. The molecule has 1 atom stereocenters. The van der Waals surface area contributed by atoms with E-state index in [1.807, 2.05) is 36.4 Å². The van der Waals surface area contributed by atoms with Gasteiger partial charge in [0.15, 0.2) is 0 Å². The van der Waals surface area contributed by atoms with Crippen LogP contribution in [0.15, 0.2) is 60.7 Å². The predicted molar refractivity (Wildman–Crippen MR) is 155 cm³/mol. The number of ether oxygens (including phenoxy) is 1. The Bertz CT molecular complexity index is 887. The van der Waals surface area contributed by atoms with E-state index >= 15 is 0 Å². The largest absolute Gasteiger partial charge is 0.415 e. The van der Waals surface area contributed by atoms with Crippen molar-refractivity contribution in [3.05, 3.63) is 60.7 Å². The molecule has 0 spiro atoms. The van der Waals surface area contributed by atoms with Crippen LogP contribution in [0.5, 0.6) is 0 Å². The van der Waals surface area contributed by atoms with Crippen LogP contribution in [0.3, 0.4) is 0 Å². The zero-order chi connectivity index (χ0) is 26.3. The van der Waals surface area contributed by atoms with E-state index in [4.69, 9.17) is 25.9 Å². The van der Waals surface area contributed by atoms with Crippen molar-refractivity contribution in [2.75, 3.05) is 27.4 Å². The molecule has 0 aliphatic heterocycles. The smallest absolute Gasteiger partial charge is 0.389 e. The summed E-state index contributed by atoms with van der Waals surface area (Å²) < 4.78 is 38.9. The van der Waals surface area contributed by atoms with Crippen molar-refractivity contribution in [1.82, 2.24) is 0 Å². The van der Waals surface area contributed by atoms with Gasteiger partial charge in [-0.05, 0) is 74.3 Å². The predicted octanol–water partition coefficient (Wildman–Crippen LogP) is 4.88. The van der Waals surface area contributed by atoms with Gasteiger partial charge in [0.1, 0.15) is 0 Å². The van der Waals surface area contributed by atoms with Crippen LogP contribution < -0.4 is 10.4 Å². The molecule has 3 rings (SSSR count). The second kappa shape index (κ2) is 12.7. The molecule has 1 saturated carbocycles. The summed E-state index contributed by atoms with van der Waals surface area (Å²) in [6, 6.07) is 21.5. The molecule has 2 aromatic rings. The molecular weight excluding hydrogens is 521 g/mol. The lowest BCUT2D eigenvalue weighted by molar-refractivity contribution is 0.123. The van der Waals surface area contributed by atoms with Crippen LogP contribution in [0.4, 0.5) is 0 Å². The van der Waals surface area contributed by atoms with Gasteiger partial charge in [-0.3, -0.25) is 0 Å². The average Bonchev–Trinajstić information content (AvgIpc) is 3.68. The van der Waals surface area contributed by atoms with Gasteiger partial charge in [-0.2, -0.15) is 0 Å². The molecule has 0 N–H and O–H groups in total. The van der Waals surface area contributed by atoms with Crippen LogP contribution in [0.2, 0.25) is 38.8 Å². The zero-order valence-electron chi connectivity index (χ0n) is 23.0. The van der Waals surface area contributed by atoms with Crippen LogP contribution >= 0.6 is 0 Å². The fourth-order valence-corrected chi connectivity index (χ4v) is 20.6. The van der Waals surface area contributed by atoms with E-state index < -0.39 is 34.2 Å². The minimum atomic E-state index is -3.19. The Balaban J connectivity index is 1.88. The van der Waals surface area contributed by atoms with Crippen molar-refractivity contribution in [2.45, 2.75) is 58.0 Å². The molecule has 0 aromatic heterocycles. The number of benzene rings is 2. The topological polar surface area (TPSA) is 55.4 Å². The van der Waals surface area contributed by atoms with Crippen molar-refractivity contribution >= 4 is 44.6 Å². The first-order valence-electron chi connectivity index (χ1n) is 12.9.